The van der Waals surface area contributed by atoms with Crippen LogP contribution >= 0.6 is 0 Å². The van der Waals surface area contributed by atoms with Crippen LogP contribution in [0.5, 0.6) is 5.75 Å². The van der Waals surface area contributed by atoms with Crippen molar-refractivity contribution >= 4 is 16.9 Å². The van der Waals surface area contributed by atoms with Gasteiger partial charge in [0.2, 0.25) is 0 Å². The lowest BCUT2D eigenvalue weighted by Crippen LogP contribution is -2.39. The van der Waals surface area contributed by atoms with Gasteiger partial charge in [-0.15, -0.1) is 0 Å². The summed E-state index contributed by atoms with van der Waals surface area (Å²) in [6.45, 7) is 5.65. The molecule has 0 fully saturated rings. The van der Waals surface area contributed by atoms with E-state index in [1.165, 1.54) is 18.1 Å². The van der Waals surface area contributed by atoms with Crippen LogP contribution in [0, 0.1) is 13.8 Å². The molecule has 0 saturated carbocycles. The van der Waals surface area contributed by atoms with E-state index in [-0.39, 0.29) is 0 Å². The Morgan fingerprint density at radius 1 is 1.10 bits per heavy atom. The number of hydrogen-bond acceptors (Lipinski definition) is 5. The Labute approximate surface area is 172 Å². The van der Waals surface area contributed by atoms with Crippen LogP contribution < -0.4 is 15.7 Å². The number of carbonyl (C=O) groups excluding carboxylic acids is 1. The number of nitrogens with zero attached hydrogens (tertiary/aromatic N) is 4. The molecule has 0 aliphatic rings. The number of amides is 1. The third-order valence-corrected chi connectivity index (χ3v) is 4.88. The molecule has 8 nitrogen and oxygen atoms in total. The van der Waals surface area contributed by atoms with E-state index in [2.05, 4.69) is 15.5 Å². The molecule has 2 aromatic carbocycles. The van der Waals surface area contributed by atoms with Gasteiger partial charge in [-0.05, 0) is 56.2 Å². The third-order valence-electron chi connectivity index (χ3n) is 4.88. The maximum atomic E-state index is 12.8. The molecule has 0 bridgehead atoms. The molecule has 152 valence electrons. The summed E-state index contributed by atoms with van der Waals surface area (Å²) in [6.07, 6.45) is 1.93. The van der Waals surface area contributed by atoms with Crippen LogP contribution in [0.3, 0.4) is 0 Å². The highest BCUT2D eigenvalue weighted by Gasteiger charge is 2.17. The number of hydrogen-bond donors (Lipinski definition) is 1. The van der Waals surface area contributed by atoms with Crippen LogP contribution in [0.15, 0.2) is 65.8 Å². The Morgan fingerprint density at radius 2 is 1.87 bits per heavy atom. The average molecular weight is 403 g/mol. The smallest absolute Gasteiger partial charge is 0.283 e. The Hall–Kier alpha value is -3.94. The number of nitrogens with one attached hydrogen (secondary N) is 1. The summed E-state index contributed by atoms with van der Waals surface area (Å²) in [7, 11) is 0. The standard InChI is InChI=1S/C22H21N5O3/c1-14-9-10-17(11-15(14)2)27-20-19(12-24-27)22(29)26(13-23-20)25-21(28)16(3)30-18-7-5-4-6-8-18/h4-13,16H,1-3H3,(H,25,28)/t16-/m1/s1. The second-order valence-electron chi connectivity index (χ2n) is 7.03. The largest absolute Gasteiger partial charge is 0.481 e. The van der Waals surface area contributed by atoms with Crippen molar-refractivity contribution in [2.75, 3.05) is 5.43 Å². The Morgan fingerprint density at radius 3 is 2.60 bits per heavy atom. The van der Waals surface area contributed by atoms with Crippen molar-refractivity contribution in [1.82, 2.24) is 19.4 Å². The van der Waals surface area contributed by atoms with E-state index in [1.54, 1.807) is 23.7 Å². The summed E-state index contributed by atoms with van der Waals surface area (Å²) in [5.41, 5.74) is 5.62. The van der Waals surface area contributed by atoms with Crippen molar-refractivity contribution < 1.29 is 9.53 Å². The molecule has 1 N–H and O–H groups in total. The summed E-state index contributed by atoms with van der Waals surface area (Å²) in [5, 5.41) is 4.61. The Balaban J connectivity index is 1.59. The van der Waals surface area contributed by atoms with Gasteiger partial charge in [0.05, 0.1) is 11.9 Å². The van der Waals surface area contributed by atoms with Crippen LogP contribution in [-0.4, -0.2) is 31.5 Å². The van der Waals surface area contributed by atoms with Crippen molar-refractivity contribution in [2.24, 2.45) is 0 Å². The third kappa shape index (κ3) is 3.67. The highest BCUT2D eigenvalue weighted by atomic mass is 16.5. The van der Waals surface area contributed by atoms with Gasteiger partial charge in [-0.1, -0.05) is 24.3 Å². The van der Waals surface area contributed by atoms with Crippen LogP contribution in [-0.2, 0) is 4.79 Å². The Kier molecular flexibility index (Phi) is 5.05. The quantitative estimate of drug-likeness (QED) is 0.553. The van der Waals surface area contributed by atoms with Gasteiger partial charge >= 0.3 is 0 Å². The molecule has 0 aliphatic carbocycles. The molecule has 0 saturated heterocycles. The molecule has 2 aromatic heterocycles. The molecular weight excluding hydrogens is 382 g/mol. The monoisotopic (exact) mass is 403 g/mol. The van der Waals surface area contributed by atoms with Gasteiger partial charge in [0.15, 0.2) is 11.8 Å². The maximum Gasteiger partial charge on any atom is 0.283 e. The minimum Gasteiger partial charge on any atom is -0.481 e. The number of benzene rings is 2. The summed E-state index contributed by atoms with van der Waals surface area (Å²) < 4.78 is 8.25. The van der Waals surface area contributed by atoms with Crippen molar-refractivity contribution in [3.05, 3.63) is 82.5 Å². The summed E-state index contributed by atoms with van der Waals surface area (Å²) in [4.78, 5) is 29.6. The maximum absolute atomic E-state index is 12.8. The van der Waals surface area contributed by atoms with Gasteiger partial charge < -0.3 is 4.74 Å². The van der Waals surface area contributed by atoms with Crippen molar-refractivity contribution in [1.29, 1.82) is 0 Å². The van der Waals surface area contributed by atoms with Gasteiger partial charge in [0.1, 0.15) is 17.5 Å². The lowest BCUT2D eigenvalue weighted by atomic mass is 10.1. The summed E-state index contributed by atoms with van der Waals surface area (Å²) in [5.74, 6) is 0.0967. The molecule has 0 radical (unpaired) electrons. The van der Waals surface area contributed by atoms with E-state index in [9.17, 15) is 9.59 Å². The molecule has 2 heterocycles. The topological polar surface area (TPSA) is 91.0 Å². The zero-order valence-corrected chi connectivity index (χ0v) is 16.9. The number of aromatic nitrogens is 4. The highest BCUT2D eigenvalue weighted by molar-refractivity contribution is 5.88. The first-order valence-corrected chi connectivity index (χ1v) is 9.49. The zero-order valence-electron chi connectivity index (χ0n) is 16.9. The van der Waals surface area contributed by atoms with E-state index < -0.39 is 17.6 Å². The highest BCUT2D eigenvalue weighted by Crippen LogP contribution is 2.17. The van der Waals surface area contributed by atoms with Gasteiger partial charge in [-0.25, -0.2) is 14.3 Å². The van der Waals surface area contributed by atoms with E-state index in [0.29, 0.717) is 16.8 Å². The number of carbonyl (C=O) groups is 1. The number of ether oxygens (including phenoxy) is 1. The second-order valence-corrected chi connectivity index (χ2v) is 7.03. The fraction of sp³-hybridized carbons (Fsp3) is 0.182. The van der Waals surface area contributed by atoms with E-state index in [1.807, 2.05) is 50.2 Å². The first kappa shape index (κ1) is 19.4. The van der Waals surface area contributed by atoms with Gasteiger partial charge in [-0.2, -0.15) is 5.10 Å². The minimum absolute atomic E-state index is 0.299. The molecule has 4 aromatic rings. The van der Waals surface area contributed by atoms with Crippen molar-refractivity contribution in [3.63, 3.8) is 0 Å². The predicted molar refractivity (Wildman–Crippen MR) is 113 cm³/mol. The lowest BCUT2D eigenvalue weighted by molar-refractivity contribution is -0.123. The van der Waals surface area contributed by atoms with Gasteiger partial charge in [0, 0.05) is 0 Å². The number of fused-ring (bicyclic) bond motifs is 1. The summed E-state index contributed by atoms with van der Waals surface area (Å²) >= 11 is 0. The zero-order chi connectivity index (χ0) is 21.3. The van der Waals surface area contributed by atoms with Gasteiger partial charge in [0.25, 0.3) is 11.5 Å². The van der Waals surface area contributed by atoms with E-state index in [0.717, 1.165) is 15.9 Å². The van der Waals surface area contributed by atoms with Crippen LogP contribution in [0.1, 0.15) is 18.1 Å². The van der Waals surface area contributed by atoms with Crippen molar-refractivity contribution in [2.45, 2.75) is 26.9 Å². The molecule has 30 heavy (non-hydrogen) atoms. The molecule has 4 rings (SSSR count). The Bertz CT molecular complexity index is 1280. The molecule has 0 spiro atoms. The van der Waals surface area contributed by atoms with Crippen LogP contribution in [0.4, 0.5) is 0 Å². The SMILES string of the molecule is Cc1ccc(-n2ncc3c(=O)n(NC(=O)[C@@H](C)Oc4ccccc4)cnc32)cc1C. The predicted octanol–water partition coefficient (Wildman–Crippen LogP) is 2.74. The summed E-state index contributed by atoms with van der Waals surface area (Å²) in [6, 6.07) is 14.9. The molecule has 1 atom stereocenters. The van der Waals surface area contributed by atoms with Crippen LogP contribution in [0.25, 0.3) is 16.7 Å². The van der Waals surface area contributed by atoms with E-state index >= 15 is 0 Å². The second kappa shape index (κ2) is 7.82. The van der Waals surface area contributed by atoms with Gasteiger partial charge in [-0.3, -0.25) is 15.0 Å². The molecule has 1 amide bonds. The lowest BCUT2D eigenvalue weighted by Gasteiger charge is -2.15. The fourth-order valence-corrected chi connectivity index (χ4v) is 3.00. The number of aryl methyl sites for hydroxylation is 2. The molecular formula is C22H21N5O3. The molecule has 0 unspecified atom stereocenters. The first-order valence-electron chi connectivity index (χ1n) is 9.49. The average Bonchev–Trinajstić information content (AvgIpc) is 3.17. The first-order chi connectivity index (χ1) is 14.4. The number of rotatable bonds is 5. The minimum atomic E-state index is -0.798. The molecule has 0 aliphatic heterocycles. The van der Waals surface area contributed by atoms with Crippen molar-refractivity contribution in [3.8, 4) is 11.4 Å². The normalized spacial score (nSPS) is 12.0. The van der Waals surface area contributed by atoms with E-state index in [4.69, 9.17) is 4.74 Å². The van der Waals surface area contributed by atoms with Crippen LogP contribution in [0.2, 0.25) is 0 Å². The molecule has 8 heteroatoms. The fourth-order valence-electron chi connectivity index (χ4n) is 3.00. The number of para-hydroxylation sites is 1.